The number of hydrogen-bond acceptors (Lipinski definition) is 3. The van der Waals surface area contributed by atoms with E-state index in [4.69, 9.17) is 5.73 Å². The van der Waals surface area contributed by atoms with Gasteiger partial charge in [-0.1, -0.05) is 38.3 Å². The number of rotatable bonds is 4. The Balaban J connectivity index is 2.01. The first-order chi connectivity index (χ1) is 9.46. The molecule has 0 heterocycles. The van der Waals surface area contributed by atoms with E-state index in [2.05, 4.69) is 11.6 Å². The van der Waals surface area contributed by atoms with Crippen molar-refractivity contribution in [2.75, 3.05) is 5.73 Å². The fourth-order valence-corrected chi connectivity index (χ4v) is 4.30. The van der Waals surface area contributed by atoms with Crippen LogP contribution in [0.3, 0.4) is 0 Å². The second-order valence-electron chi connectivity index (χ2n) is 5.84. The Morgan fingerprint density at radius 3 is 2.50 bits per heavy atom. The van der Waals surface area contributed by atoms with Crippen molar-refractivity contribution < 1.29 is 8.42 Å². The summed E-state index contributed by atoms with van der Waals surface area (Å²) in [7, 11) is -3.29. The lowest BCUT2D eigenvalue weighted by atomic mass is 9.98. The van der Waals surface area contributed by atoms with Crippen LogP contribution in [0.15, 0.2) is 24.3 Å². The summed E-state index contributed by atoms with van der Waals surface area (Å²) < 4.78 is 27.4. The van der Waals surface area contributed by atoms with Crippen LogP contribution in [0, 0.1) is 5.92 Å². The summed E-state index contributed by atoms with van der Waals surface area (Å²) in [4.78, 5) is 0. The van der Waals surface area contributed by atoms with E-state index in [0.717, 1.165) is 24.8 Å². The minimum absolute atomic E-state index is 0.0243. The molecule has 4 nitrogen and oxygen atoms in total. The van der Waals surface area contributed by atoms with Crippen LogP contribution < -0.4 is 10.5 Å². The largest absolute Gasteiger partial charge is 0.399 e. The van der Waals surface area contributed by atoms with E-state index >= 15 is 0 Å². The zero-order valence-corrected chi connectivity index (χ0v) is 12.8. The molecule has 0 bridgehead atoms. The van der Waals surface area contributed by atoms with Gasteiger partial charge in [0.1, 0.15) is 0 Å². The molecule has 1 aliphatic carbocycles. The van der Waals surface area contributed by atoms with E-state index in [1.165, 1.54) is 12.8 Å². The molecule has 1 fully saturated rings. The Labute approximate surface area is 121 Å². The van der Waals surface area contributed by atoms with E-state index in [-0.39, 0.29) is 11.8 Å². The third-order valence-electron chi connectivity index (χ3n) is 4.03. The van der Waals surface area contributed by atoms with Crippen LogP contribution in [0.25, 0.3) is 0 Å². The highest BCUT2D eigenvalue weighted by molar-refractivity contribution is 7.88. The molecule has 0 saturated heterocycles. The third-order valence-corrected chi connectivity index (χ3v) is 5.40. The highest BCUT2D eigenvalue weighted by atomic mass is 32.2. The summed E-state index contributed by atoms with van der Waals surface area (Å²) in [5.41, 5.74) is 7.03. The van der Waals surface area contributed by atoms with Gasteiger partial charge in [0.15, 0.2) is 0 Å². The molecule has 3 N–H and O–H groups in total. The molecule has 0 radical (unpaired) electrons. The van der Waals surface area contributed by atoms with Gasteiger partial charge in [0, 0.05) is 11.7 Å². The summed E-state index contributed by atoms with van der Waals surface area (Å²) >= 11 is 0. The van der Waals surface area contributed by atoms with Crippen LogP contribution in [0.5, 0.6) is 0 Å². The second kappa shape index (κ2) is 6.59. The average molecular weight is 296 g/mol. The molecule has 2 rings (SSSR count). The highest BCUT2D eigenvalue weighted by Crippen LogP contribution is 2.24. The van der Waals surface area contributed by atoms with Gasteiger partial charge in [-0.05, 0) is 36.5 Å². The molecule has 0 spiro atoms. The van der Waals surface area contributed by atoms with Crippen molar-refractivity contribution in [2.24, 2.45) is 5.92 Å². The molecular weight excluding hydrogens is 272 g/mol. The molecule has 1 aliphatic rings. The van der Waals surface area contributed by atoms with Crippen molar-refractivity contribution >= 4 is 15.7 Å². The van der Waals surface area contributed by atoms with Crippen LogP contribution in [0.2, 0.25) is 0 Å². The van der Waals surface area contributed by atoms with Crippen LogP contribution in [-0.2, 0) is 15.8 Å². The molecule has 0 aromatic heterocycles. The van der Waals surface area contributed by atoms with Crippen LogP contribution >= 0.6 is 0 Å². The fourth-order valence-electron chi connectivity index (χ4n) is 2.77. The normalized spacial score (nSPS) is 24.2. The average Bonchev–Trinajstić information content (AvgIpc) is 2.57. The quantitative estimate of drug-likeness (QED) is 0.663. The first-order valence-corrected chi connectivity index (χ1v) is 8.96. The maximum Gasteiger partial charge on any atom is 0.216 e. The van der Waals surface area contributed by atoms with Crippen LogP contribution in [-0.4, -0.2) is 14.5 Å². The minimum atomic E-state index is -3.29. The number of hydrogen-bond donors (Lipinski definition) is 2. The number of anilines is 1. The monoisotopic (exact) mass is 296 g/mol. The van der Waals surface area contributed by atoms with Gasteiger partial charge < -0.3 is 5.73 Å². The number of sulfonamides is 1. The molecule has 1 aromatic carbocycles. The zero-order valence-electron chi connectivity index (χ0n) is 12.0. The van der Waals surface area contributed by atoms with E-state index in [0.29, 0.717) is 11.6 Å². The molecule has 1 saturated carbocycles. The lowest BCUT2D eigenvalue weighted by Crippen LogP contribution is -2.39. The number of nitrogens with one attached hydrogen (secondary N) is 1. The topological polar surface area (TPSA) is 72.2 Å². The predicted octanol–water partition coefficient (Wildman–Crippen LogP) is 2.66. The Morgan fingerprint density at radius 2 is 1.80 bits per heavy atom. The Kier molecular flexibility index (Phi) is 5.05. The van der Waals surface area contributed by atoms with Crippen LogP contribution in [0.1, 0.15) is 44.6 Å². The molecule has 2 unspecified atom stereocenters. The number of benzene rings is 1. The van der Waals surface area contributed by atoms with Crippen molar-refractivity contribution in [2.45, 2.75) is 50.8 Å². The van der Waals surface area contributed by atoms with Crippen molar-refractivity contribution in [3.05, 3.63) is 29.8 Å². The highest BCUT2D eigenvalue weighted by Gasteiger charge is 2.24. The minimum Gasteiger partial charge on any atom is -0.399 e. The Bertz CT molecular complexity index is 525. The van der Waals surface area contributed by atoms with E-state index < -0.39 is 10.0 Å². The molecule has 1 aromatic rings. The zero-order chi connectivity index (χ0) is 14.6. The second-order valence-corrected chi connectivity index (χ2v) is 7.59. The van der Waals surface area contributed by atoms with Crippen molar-refractivity contribution in [3.63, 3.8) is 0 Å². The maximum absolute atomic E-state index is 12.3. The lowest BCUT2D eigenvalue weighted by Gasteiger charge is -2.22. The summed E-state index contributed by atoms with van der Waals surface area (Å²) in [6, 6.07) is 7.09. The molecule has 5 heteroatoms. The van der Waals surface area contributed by atoms with Crippen molar-refractivity contribution in [3.8, 4) is 0 Å². The smallest absolute Gasteiger partial charge is 0.216 e. The lowest BCUT2D eigenvalue weighted by molar-refractivity contribution is 0.399. The fraction of sp³-hybridized carbons (Fsp3) is 0.600. The molecule has 20 heavy (non-hydrogen) atoms. The van der Waals surface area contributed by atoms with Crippen molar-refractivity contribution in [1.82, 2.24) is 4.72 Å². The molecule has 0 amide bonds. The summed E-state index contributed by atoms with van der Waals surface area (Å²) in [6.07, 6.45) is 5.58. The van der Waals surface area contributed by atoms with E-state index in [9.17, 15) is 8.42 Å². The standard InChI is InChI=1S/C15H24N2O2S/c1-12-5-3-2-4-6-15(12)17-20(18,19)11-13-7-9-14(16)10-8-13/h7-10,12,15,17H,2-6,11,16H2,1H3. The summed E-state index contributed by atoms with van der Waals surface area (Å²) in [5.74, 6) is 0.440. The van der Waals surface area contributed by atoms with Gasteiger partial charge in [-0.15, -0.1) is 0 Å². The van der Waals surface area contributed by atoms with Gasteiger partial charge in [0.2, 0.25) is 10.0 Å². The maximum atomic E-state index is 12.3. The first-order valence-electron chi connectivity index (χ1n) is 7.31. The third kappa shape index (κ3) is 4.49. The van der Waals surface area contributed by atoms with Gasteiger partial charge in [0.25, 0.3) is 0 Å². The summed E-state index contributed by atoms with van der Waals surface area (Å²) in [5, 5.41) is 0. The molecular formula is C15H24N2O2S. The Morgan fingerprint density at radius 1 is 1.15 bits per heavy atom. The first kappa shape index (κ1) is 15.3. The van der Waals surface area contributed by atoms with Gasteiger partial charge in [-0.2, -0.15) is 0 Å². The Hall–Kier alpha value is -1.07. The van der Waals surface area contributed by atoms with Crippen LogP contribution in [0.4, 0.5) is 5.69 Å². The van der Waals surface area contributed by atoms with Crippen molar-refractivity contribution in [1.29, 1.82) is 0 Å². The van der Waals surface area contributed by atoms with Gasteiger partial charge in [-0.3, -0.25) is 0 Å². The molecule has 2 atom stereocenters. The number of nitrogen functional groups attached to an aromatic ring is 1. The van der Waals surface area contributed by atoms with Gasteiger partial charge in [-0.25, -0.2) is 13.1 Å². The van der Waals surface area contributed by atoms with Gasteiger partial charge in [0.05, 0.1) is 5.75 Å². The van der Waals surface area contributed by atoms with E-state index in [1.54, 1.807) is 24.3 Å². The predicted molar refractivity (Wildman–Crippen MR) is 82.7 cm³/mol. The molecule has 0 aliphatic heterocycles. The van der Waals surface area contributed by atoms with E-state index in [1.807, 2.05) is 0 Å². The number of nitrogens with two attached hydrogens (primary N) is 1. The SMILES string of the molecule is CC1CCCCCC1NS(=O)(=O)Cc1ccc(N)cc1. The summed E-state index contributed by atoms with van der Waals surface area (Å²) in [6.45, 7) is 2.14. The van der Waals surface area contributed by atoms with Gasteiger partial charge >= 0.3 is 0 Å². The molecule has 112 valence electrons.